The number of benzene rings is 1. The molecule has 2 aromatic heterocycles. The number of nitrogens with two attached hydrogens (primary N) is 1. The van der Waals surface area contributed by atoms with Gasteiger partial charge in [-0.3, -0.25) is 4.79 Å². The molecule has 0 amide bonds. The van der Waals surface area contributed by atoms with Gasteiger partial charge in [0.2, 0.25) is 5.82 Å². The standard InChI is InChI=1S/C17H18FN7O3/c18-14-9-12(28-7-4-15-20-5-1-6-21-15)2-3-13(14)17-22-24-25(23-17)10-11(19)8-16(26)27/h1-3,5-6,9,11H,4,7-8,10,19H2,(H,26,27). The van der Waals surface area contributed by atoms with Gasteiger partial charge in [0.15, 0.2) is 0 Å². The van der Waals surface area contributed by atoms with Gasteiger partial charge in [-0.25, -0.2) is 14.4 Å². The molecule has 28 heavy (non-hydrogen) atoms. The van der Waals surface area contributed by atoms with Gasteiger partial charge in [-0.2, -0.15) is 4.80 Å². The molecule has 11 heteroatoms. The van der Waals surface area contributed by atoms with Gasteiger partial charge >= 0.3 is 5.97 Å². The van der Waals surface area contributed by atoms with Gasteiger partial charge in [-0.1, -0.05) is 0 Å². The van der Waals surface area contributed by atoms with Crippen LogP contribution in [0.4, 0.5) is 4.39 Å². The van der Waals surface area contributed by atoms with Crippen molar-refractivity contribution in [1.82, 2.24) is 30.2 Å². The molecule has 0 aliphatic carbocycles. The summed E-state index contributed by atoms with van der Waals surface area (Å²) in [6.07, 6.45) is 3.55. The van der Waals surface area contributed by atoms with E-state index in [1.165, 1.54) is 12.1 Å². The molecule has 2 heterocycles. The Labute approximate surface area is 159 Å². The molecule has 146 valence electrons. The van der Waals surface area contributed by atoms with Gasteiger partial charge < -0.3 is 15.6 Å². The van der Waals surface area contributed by atoms with E-state index in [2.05, 4.69) is 25.4 Å². The maximum absolute atomic E-state index is 14.4. The third-order valence-corrected chi connectivity index (χ3v) is 3.68. The second kappa shape index (κ2) is 8.95. The lowest BCUT2D eigenvalue weighted by Gasteiger charge is -2.07. The highest BCUT2D eigenvalue weighted by Crippen LogP contribution is 2.23. The van der Waals surface area contributed by atoms with Crippen molar-refractivity contribution in [2.75, 3.05) is 6.61 Å². The number of carbonyl (C=O) groups is 1. The summed E-state index contributed by atoms with van der Waals surface area (Å²) in [6.45, 7) is 0.363. The van der Waals surface area contributed by atoms with E-state index in [4.69, 9.17) is 15.6 Å². The lowest BCUT2D eigenvalue weighted by Crippen LogP contribution is -2.30. The molecule has 0 saturated carbocycles. The summed E-state index contributed by atoms with van der Waals surface area (Å²) in [5.74, 6) is -0.519. The molecule has 0 bridgehead atoms. The van der Waals surface area contributed by atoms with Gasteiger partial charge in [0, 0.05) is 30.9 Å². The molecule has 0 spiro atoms. The van der Waals surface area contributed by atoms with Crippen molar-refractivity contribution >= 4 is 5.97 Å². The third-order valence-electron chi connectivity index (χ3n) is 3.68. The zero-order chi connectivity index (χ0) is 19.9. The number of nitrogens with zero attached hydrogens (tertiary/aromatic N) is 6. The van der Waals surface area contributed by atoms with Crippen molar-refractivity contribution in [2.24, 2.45) is 5.73 Å². The molecule has 1 aromatic carbocycles. The van der Waals surface area contributed by atoms with Crippen molar-refractivity contribution in [3.63, 3.8) is 0 Å². The Morgan fingerprint density at radius 3 is 2.82 bits per heavy atom. The predicted molar refractivity (Wildman–Crippen MR) is 94.7 cm³/mol. The molecule has 3 N–H and O–H groups in total. The molecule has 1 atom stereocenters. The number of rotatable bonds is 9. The fourth-order valence-electron chi connectivity index (χ4n) is 2.41. The molecule has 3 aromatic rings. The van der Waals surface area contributed by atoms with Gasteiger partial charge in [0.25, 0.3) is 0 Å². The Balaban J connectivity index is 1.60. The van der Waals surface area contributed by atoms with Crippen LogP contribution in [0, 0.1) is 5.82 Å². The zero-order valence-electron chi connectivity index (χ0n) is 14.8. The summed E-state index contributed by atoms with van der Waals surface area (Å²) in [5, 5.41) is 20.3. The van der Waals surface area contributed by atoms with E-state index < -0.39 is 17.8 Å². The monoisotopic (exact) mass is 387 g/mol. The molecule has 0 saturated heterocycles. The lowest BCUT2D eigenvalue weighted by molar-refractivity contribution is -0.137. The Morgan fingerprint density at radius 2 is 2.11 bits per heavy atom. The summed E-state index contributed by atoms with van der Waals surface area (Å²) in [5.41, 5.74) is 5.83. The van der Waals surface area contributed by atoms with Gasteiger partial charge in [0.05, 0.1) is 25.1 Å². The van der Waals surface area contributed by atoms with E-state index in [1.807, 2.05) is 0 Å². The number of aliphatic carboxylic acids is 1. The molecule has 0 fully saturated rings. The van der Waals surface area contributed by atoms with Crippen LogP contribution in [0.2, 0.25) is 0 Å². The van der Waals surface area contributed by atoms with Crippen LogP contribution >= 0.6 is 0 Å². The molecular formula is C17H18FN7O3. The summed E-state index contributed by atoms with van der Waals surface area (Å²) >= 11 is 0. The first-order valence-electron chi connectivity index (χ1n) is 8.45. The Kier molecular flexibility index (Phi) is 6.17. The lowest BCUT2D eigenvalue weighted by atomic mass is 10.2. The van der Waals surface area contributed by atoms with Crippen molar-refractivity contribution in [3.05, 3.63) is 48.3 Å². The highest BCUT2D eigenvalue weighted by Gasteiger charge is 2.15. The van der Waals surface area contributed by atoms with Crippen LogP contribution in [0.3, 0.4) is 0 Å². The van der Waals surface area contributed by atoms with Gasteiger partial charge in [-0.15, -0.1) is 10.2 Å². The summed E-state index contributed by atoms with van der Waals surface area (Å²) < 4.78 is 19.9. The zero-order valence-corrected chi connectivity index (χ0v) is 14.8. The number of halogens is 1. The topological polar surface area (TPSA) is 142 Å². The predicted octanol–water partition coefficient (Wildman–Crippen LogP) is 0.693. The number of ether oxygens (including phenoxy) is 1. The number of hydrogen-bond acceptors (Lipinski definition) is 8. The minimum atomic E-state index is -1.02. The quantitative estimate of drug-likeness (QED) is 0.542. The first-order valence-corrected chi connectivity index (χ1v) is 8.45. The fourth-order valence-corrected chi connectivity index (χ4v) is 2.41. The minimum absolute atomic E-state index is 0.0592. The Hall–Kier alpha value is -3.47. The number of aromatic nitrogens is 6. The van der Waals surface area contributed by atoms with Crippen LogP contribution in [-0.4, -0.2) is 53.9 Å². The van der Waals surface area contributed by atoms with Gasteiger partial charge in [0.1, 0.15) is 17.4 Å². The second-order valence-corrected chi connectivity index (χ2v) is 5.93. The van der Waals surface area contributed by atoms with Crippen LogP contribution in [-0.2, 0) is 17.8 Å². The summed E-state index contributed by atoms with van der Waals surface area (Å²) in [4.78, 5) is 20.0. The molecule has 0 aliphatic heterocycles. The van der Waals surface area contributed by atoms with Crippen molar-refractivity contribution < 1.29 is 19.0 Å². The third kappa shape index (κ3) is 5.27. The van der Waals surface area contributed by atoms with Crippen LogP contribution < -0.4 is 10.5 Å². The highest BCUT2D eigenvalue weighted by atomic mass is 19.1. The fraction of sp³-hybridized carbons (Fsp3) is 0.294. The average molecular weight is 387 g/mol. The molecule has 0 radical (unpaired) electrons. The van der Waals surface area contributed by atoms with Crippen molar-refractivity contribution in [1.29, 1.82) is 0 Å². The largest absolute Gasteiger partial charge is 0.493 e. The van der Waals surface area contributed by atoms with Crippen LogP contribution in [0.15, 0.2) is 36.7 Å². The van der Waals surface area contributed by atoms with E-state index in [-0.39, 0.29) is 24.4 Å². The SMILES string of the molecule is NC(CC(=O)O)Cn1nnc(-c2ccc(OCCc3ncccn3)cc2F)n1. The first kappa shape index (κ1) is 19.3. The number of hydrogen-bond donors (Lipinski definition) is 2. The number of carboxylic acids is 1. The maximum atomic E-state index is 14.4. The van der Waals surface area contributed by atoms with Gasteiger partial charge in [-0.05, 0) is 23.4 Å². The Bertz CT molecular complexity index is 936. The van der Waals surface area contributed by atoms with Crippen molar-refractivity contribution in [2.45, 2.75) is 25.4 Å². The molecule has 10 nitrogen and oxygen atoms in total. The summed E-state index contributed by atoms with van der Waals surface area (Å²) in [6, 6.07) is 5.37. The van der Waals surface area contributed by atoms with E-state index in [0.717, 1.165) is 4.80 Å². The van der Waals surface area contributed by atoms with E-state index in [9.17, 15) is 9.18 Å². The summed E-state index contributed by atoms with van der Waals surface area (Å²) in [7, 11) is 0. The number of tetrazole rings is 1. The maximum Gasteiger partial charge on any atom is 0.304 e. The van der Waals surface area contributed by atoms with E-state index in [0.29, 0.717) is 24.6 Å². The normalized spacial score (nSPS) is 11.9. The Morgan fingerprint density at radius 1 is 1.32 bits per heavy atom. The highest BCUT2D eigenvalue weighted by molar-refractivity contribution is 5.67. The van der Waals surface area contributed by atoms with Crippen molar-refractivity contribution in [3.8, 4) is 17.1 Å². The number of carboxylic acid groups (broad SMARTS) is 1. The molecular weight excluding hydrogens is 369 g/mol. The first-order chi connectivity index (χ1) is 13.5. The minimum Gasteiger partial charge on any atom is -0.493 e. The van der Waals surface area contributed by atoms with E-state index >= 15 is 0 Å². The second-order valence-electron chi connectivity index (χ2n) is 5.93. The van der Waals surface area contributed by atoms with Crippen LogP contribution in [0.1, 0.15) is 12.2 Å². The van der Waals surface area contributed by atoms with E-state index in [1.54, 1.807) is 24.5 Å². The smallest absolute Gasteiger partial charge is 0.304 e. The average Bonchev–Trinajstić information content (AvgIpc) is 3.10. The van der Waals surface area contributed by atoms with Crippen LogP contribution in [0.25, 0.3) is 11.4 Å². The molecule has 3 rings (SSSR count). The van der Waals surface area contributed by atoms with Crippen LogP contribution in [0.5, 0.6) is 5.75 Å². The molecule has 1 unspecified atom stereocenters. The molecule has 0 aliphatic rings.